The monoisotopic (exact) mass is 298 g/mol. The van der Waals surface area contributed by atoms with Crippen LogP contribution < -0.4 is 4.74 Å². The Kier molecular flexibility index (Phi) is 4.53. The summed E-state index contributed by atoms with van der Waals surface area (Å²) in [4.78, 5) is 17.8. The van der Waals surface area contributed by atoms with Gasteiger partial charge in [0.15, 0.2) is 0 Å². The molecule has 1 saturated heterocycles. The molecule has 1 aromatic carbocycles. The molecule has 22 heavy (non-hydrogen) atoms. The standard InChI is InChI=1S/C17H18N2O3/c20-17(22-12-14-5-2-1-3-6-14)19-10-8-15(19)13-21-16-7-4-9-18-11-16/h1-7,9,11,15H,8,10,12-13H2/t15-/m1/s1. The van der Waals surface area contributed by atoms with Gasteiger partial charge in [-0.2, -0.15) is 0 Å². The van der Waals surface area contributed by atoms with Gasteiger partial charge in [-0.05, 0) is 24.1 Å². The van der Waals surface area contributed by atoms with Crippen molar-refractivity contribution >= 4 is 6.09 Å². The van der Waals surface area contributed by atoms with E-state index in [4.69, 9.17) is 9.47 Å². The molecule has 0 saturated carbocycles. The first-order valence-electron chi connectivity index (χ1n) is 7.33. The molecular formula is C17H18N2O3. The Morgan fingerprint density at radius 2 is 2.09 bits per heavy atom. The van der Waals surface area contributed by atoms with Crippen molar-refractivity contribution in [3.05, 3.63) is 60.4 Å². The third-order valence-electron chi connectivity index (χ3n) is 3.66. The van der Waals surface area contributed by atoms with E-state index in [-0.39, 0.29) is 12.1 Å². The van der Waals surface area contributed by atoms with Crippen LogP contribution in [0.5, 0.6) is 5.75 Å². The number of carbonyl (C=O) groups excluding carboxylic acids is 1. The average molecular weight is 298 g/mol. The lowest BCUT2D eigenvalue weighted by Gasteiger charge is -2.39. The maximum Gasteiger partial charge on any atom is 0.410 e. The second kappa shape index (κ2) is 6.93. The lowest BCUT2D eigenvalue weighted by Crippen LogP contribution is -2.54. The van der Waals surface area contributed by atoms with Crippen LogP contribution in [0.3, 0.4) is 0 Å². The minimum atomic E-state index is -0.283. The van der Waals surface area contributed by atoms with Crippen molar-refractivity contribution in [3.8, 4) is 5.75 Å². The Morgan fingerprint density at radius 1 is 1.23 bits per heavy atom. The molecule has 1 aromatic heterocycles. The van der Waals surface area contributed by atoms with Crippen LogP contribution in [0.2, 0.25) is 0 Å². The fourth-order valence-electron chi connectivity index (χ4n) is 2.28. The number of rotatable bonds is 5. The molecule has 0 radical (unpaired) electrons. The number of hydrogen-bond acceptors (Lipinski definition) is 4. The van der Waals surface area contributed by atoms with Gasteiger partial charge in [0.2, 0.25) is 0 Å². The van der Waals surface area contributed by atoms with Crippen molar-refractivity contribution in [3.63, 3.8) is 0 Å². The third-order valence-corrected chi connectivity index (χ3v) is 3.66. The van der Waals surface area contributed by atoms with Crippen LogP contribution in [0, 0.1) is 0 Å². The molecule has 1 aliphatic rings. The predicted octanol–water partition coefficient (Wildman–Crippen LogP) is 2.87. The molecule has 3 rings (SSSR count). The topological polar surface area (TPSA) is 51.7 Å². The zero-order chi connectivity index (χ0) is 15.2. The summed E-state index contributed by atoms with van der Waals surface area (Å²) in [6.07, 6.45) is 4.01. The van der Waals surface area contributed by atoms with Gasteiger partial charge in [0.25, 0.3) is 0 Å². The van der Waals surface area contributed by atoms with E-state index in [1.54, 1.807) is 17.3 Å². The van der Waals surface area contributed by atoms with Crippen molar-refractivity contribution in [2.24, 2.45) is 0 Å². The second-order valence-corrected chi connectivity index (χ2v) is 5.18. The first-order chi connectivity index (χ1) is 10.8. The number of aromatic nitrogens is 1. The molecule has 5 heteroatoms. The van der Waals surface area contributed by atoms with Crippen LogP contribution in [-0.4, -0.2) is 35.2 Å². The molecule has 0 unspecified atom stereocenters. The number of amides is 1. The fourth-order valence-corrected chi connectivity index (χ4v) is 2.28. The molecule has 2 heterocycles. The van der Waals surface area contributed by atoms with Crippen molar-refractivity contribution in [1.29, 1.82) is 0 Å². The quantitative estimate of drug-likeness (QED) is 0.851. The maximum atomic E-state index is 12.1. The van der Waals surface area contributed by atoms with E-state index in [1.807, 2.05) is 42.5 Å². The first-order valence-corrected chi connectivity index (χ1v) is 7.33. The number of carbonyl (C=O) groups is 1. The Labute approximate surface area is 129 Å². The Morgan fingerprint density at radius 3 is 2.77 bits per heavy atom. The maximum absolute atomic E-state index is 12.1. The number of nitrogens with zero attached hydrogens (tertiary/aromatic N) is 2. The molecule has 0 N–H and O–H groups in total. The molecule has 5 nitrogen and oxygen atoms in total. The smallest absolute Gasteiger partial charge is 0.410 e. The summed E-state index contributed by atoms with van der Waals surface area (Å²) in [7, 11) is 0. The number of likely N-dealkylation sites (tertiary alicyclic amines) is 1. The van der Waals surface area contributed by atoms with E-state index in [1.165, 1.54) is 0 Å². The number of benzene rings is 1. The molecule has 1 fully saturated rings. The van der Waals surface area contributed by atoms with E-state index in [2.05, 4.69) is 4.98 Å². The van der Waals surface area contributed by atoms with Gasteiger partial charge < -0.3 is 14.4 Å². The van der Waals surface area contributed by atoms with E-state index >= 15 is 0 Å². The molecule has 2 aromatic rings. The highest BCUT2D eigenvalue weighted by atomic mass is 16.6. The summed E-state index contributed by atoms with van der Waals surface area (Å²) in [6, 6.07) is 13.4. The van der Waals surface area contributed by atoms with Crippen LogP contribution >= 0.6 is 0 Å². The largest absolute Gasteiger partial charge is 0.490 e. The summed E-state index contributed by atoms with van der Waals surface area (Å²) in [6.45, 7) is 1.48. The van der Waals surface area contributed by atoms with Crippen molar-refractivity contribution in [2.45, 2.75) is 19.1 Å². The minimum absolute atomic E-state index is 0.0727. The molecule has 1 aliphatic heterocycles. The number of pyridine rings is 1. The number of hydrogen-bond donors (Lipinski definition) is 0. The number of ether oxygens (including phenoxy) is 2. The summed E-state index contributed by atoms with van der Waals surface area (Å²) in [5.41, 5.74) is 0.986. The van der Waals surface area contributed by atoms with Gasteiger partial charge in [0, 0.05) is 12.7 Å². The predicted molar refractivity (Wildman–Crippen MR) is 81.5 cm³/mol. The van der Waals surface area contributed by atoms with Gasteiger partial charge in [-0.15, -0.1) is 0 Å². The van der Waals surface area contributed by atoms with Crippen LogP contribution in [0.15, 0.2) is 54.9 Å². The van der Waals surface area contributed by atoms with Crippen LogP contribution in [0.1, 0.15) is 12.0 Å². The minimum Gasteiger partial charge on any atom is -0.490 e. The van der Waals surface area contributed by atoms with Crippen molar-refractivity contribution in [1.82, 2.24) is 9.88 Å². The zero-order valence-electron chi connectivity index (χ0n) is 12.2. The van der Waals surface area contributed by atoms with Crippen LogP contribution in [-0.2, 0) is 11.3 Å². The average Bonchev–Trinajstić information content (AvgIpc) is 2.54. The highest BCUT2D eigenvalue weighted by Crippen LogP contribution is 2.20. The highest BCUT2D eigenvalue weighted by molar-refractivity contribution is 5.69. The van der Waals surface area contributed by atoms with Crippen molar-refractivity contribution < 1.29 is 14.3 Å². The van der Waals surface area contributed by atoms with Gasteiger partial charge in [-0.3, -0.25) is 4.98 Å². The molecule has 1 amide bonds. The molecule has 114 valence electrons. The lowest BCUT2D eigenvalue weighted by atomic mass is 10.1. The first kappa shape index (κ1) is 14.4. The molecular weight excluding hydrogens is 280 g/mol. The summed E-state index contributed by atoms with van der Waals surface area (Å²) in [5, 5.41) is 0. The van der Waals surface area contributed by atoms with Gasteiger partial charge in [-0.1, -0.05) is 30.3 Å². The Bertz CT molecular complexity index is 604. The summed E-state index contributed by atoms with van der Waals surface area (Å²) >= 11 is 0. The zero-order valence-corrected chi connectivity index (χ0v) is 12.2. The van der Waals surface area contributed by atoms with E-state index < -0.39 is 0 Å². The SMILES string of the molecule is O=C(OCc1ccccc1)N1CC[C@@H]1COc1cccnc1. The van der Waals surface area contributed by atoms with E-state index in [0.717, 1.165) is 12.0 Å². The Hall–Kier alpha value is -2.56. The van der Waals surface area contributed by atoms with Gasteiger partial charge >= 0.3 is 6.09 Å². The van der Waals surface area contributed by atoms with Gasteiger partial charge in [0.05, 0.1) is 12.2 Å². The second-order valence-electron chi connectivity index (χ2n) is 5.18. The summed E-state index contributed by atoms with van der Waals surface area (Å²) < 4.78 is 11.0. The fraction of sp³-hybridized carbons (Fsp3) is 0.294. The third kappa shape index (κ3) is 3.55. The van der Waals surface area contributed by atoms with E-state index in [0.29, 0.717) is 25.5 Å². The van der Waals surface area contributed by atoms with Crippen LogP contribution in [0.4, 0.5) is 4.79 Å². The molecule has 0 bridgehead atoms. The van der Waals surface area contributed by atoms with E-state index in [9.17, 15) is 4.79 Å². The van der Waals surface area contributed by atoms with Gasteiger partial charge in [-0.25, -0.2) is 4.79 Å². The summed E-state index contributed by atoms with van der Waals surface area (Å²) in [5.74, 6) is 0.715. The van der Waals surface area contributed by atoms with Gasteiger partial charge in [0.1, 0.15) is 19.0 Å². The Balaban J connectivity index is 1.45. The molecule has 1 atom stereocenters. The molecule has 0 aliphatic carbocycles. The lowest BCUT2D eigenvalue weighted by molar-refractivity contribution is 0.0259. The van der Waals surface area contributed by atoms with Crippen molar-refractivity contribution in [2.75, 3.05) is 13.2 Å². The highest BCUT2D eigenvalue weighted by Gasteiger charge is 2.33. The normalized spacial score (nSPS) is 16.7. The van der Waals surface area contributed by atoms with Crippen LogP contribution in [0.25, 0.3) is 0 Å². The molecule has 0 spiro atoms.